The minimum atomic E-state index is 0.599. The van der Waals surface area contributed by atoms with Gasteiger partial charge in [0.1, 0.15) is 5.15 Å². The van der Waals surface area contributed by atoms with Crippen LogP contribution in [0.5, 0.6) is 0 Å². The molecule has 1 saturated heterocycles. The maximum atomic E-state index is 5.93. The van der Waals surface area contributed by atoms with E-state index in [1.54, 1.807) is 0 Å². The molecule has 0 spiro atoms. The zero-order chi connectivity index (χ0) is 13.0. The second-order valence-electron chi connectivity index (χ2n) is 5.66. The van der Waals surface area contributed by atoms with Gasteiger partial charge in [0.25, 0.3) is 0 Å². The van der Waals surface area contributed by atoms with Gasteiger partial charge in [0.15, 0.2) is 0 Å². The zero-order valence-corrected chi connectivity index (χ0v) is 12.2. The quantitative estimate of drug-likeness (QED) is 0.769. The first-order chi connectivity index (χ1) is 8.65. The summed E-state index contributed by atoms with van der Waals surface area (Å²) < 4.78 is 0. The van der Waals surface area contributed by atoms with Crippen LogP contribution in [0.3, 0.4) is 0 Å². The van der Waals surface area contributed by atoms with Crippen LogP contribution in [0.15, 0.2) is 18.2 Å². The van der Waals surface area contributed by atoms with Gasteiger partial charge in [0.2, 0.25) is 0 Å². The molecule has 1 aliphatic rings. The highest BCUT2D eigenvalue weighted by Crippen LogP contribution is 2.25. The third-order valence-electron chi connectivity index (χ3n) is 3.97. The highest BCUT2D eigenvalue weighted by Gasteiger charge is 2.19. The molecule has 100 valence electrons. The van der Waals surface area contributed by atoms with Gasteiger partial charge in [0, 0.05) is 6.54 Å². The third-order valence-corrected chi connectivity index (χ3v) is 4.18. The van der Waals surface area contributed by atoms with Crippen LogP contribution in [0.4, 0.5) is 0 Å². The van der Waals surface area contributed by atoms with E-state index >= 15 is 0 Å². The van der Waals surface area contributed by atoms with Gasteiger partial charge in [-0.2, -0.15) is 0 Å². The summed E-state index contributed by atoms with van der Waals surface area (Å²) in [6.45, 7) is 8.01. The lowest BCUT2D eigenvalue weighted by molar-refractivity contribution is 0.262. The summed E-state index contributed by atoms with van der Waals surface area (Å²) in [5.74, 6) is 1.71. The molecule has 0 N–H and O–H groups in total. The topological polar surface area (TPSA) is 16.1 Å². The van der Waals surface area contributed by atoms with Gasteiger partial charge in [-0.3, -0.25) is 4.90 Å². The number of nitrogens with zero attached hydrogens (tertiary/aromatic N) is 2. The van der Waals surface area contributed by atoms with Crippen molar-refractivity contribution in [2.45, 2.75) is 39.7 Å². The minimum absolute atomic E-state index is 0.599. The molecular weight excluding hydrogens is 244 g/mol. The number of pyridine rings is 1. The van der Waals surface area contributed by atoms with Gasteiger partial charge in [0.05, 0.1) is 5.69 Å². The number of aromatic nitrogens is 1. The first kappa shape index (κ1) is 13.8. The Bertz CT molecular complexity index is 379. The highest BCUT2D eigenvalue weighted by molar-refractivity contribution is 6.29. The van der Waals surface area contributed by atoms with Crippen molar-refractivity contribution in [3.05, 3.63) is 29.0 Å². The van der Waals surface area contributed by atoms with Crippen LogP contribution in [0, 0.1) is 11.8 Å². The van der Waals surface area contributed by atoms with Gasteiger partial charge >= 0.3 is 0 Å². The number of rotatable bonds is 3. The van der Waals surface area contributed by atoms with E-state index in [0.717, 1.165) is 24.1 Å². The first-order valence-corrected chi connectivity index (χ1v) is 7.36. The molecule has 0 amide bonds. The van der Waals surface area contributed by atoms with Crippen LogP contribution in [0.2, 0.25) is 5.15 Å². The molecule has 3 heteroatoms. The summed E-state index contributed by atoms with van der Waals surface area (Å²) in [6.07, 6.45) is 4.00. The van der Waals surface area contributed by atoms with E-state index in [2.05, 4.69) is 29.8 Å². The molecule has 1 aromatic heterocycles. The van der Waals surface area contributed by atoms with Gasteiger partial charge < -0.3 is 0 Å². The molecular formula is C15H23ClN2. The van der Waals surface area contributed by atoms with Crippen molar-refractivity contribution in [1.82, 2.24) is 9.88 Å². The van der Waals surface area contributed by atoms with Crippen LogP contribution in [0.25, 0.3) is 0 Å². The average Bonchev–Trinajstić information content (AvgIpc) is 2.55. The number of hydrogen-bond acceptors (Lipinski definition) is 2. The molecule has 1 aromatic rings. The van der Waals surface area contributed by atoms with Crippen molar-refractivity contribution in [1.29, 1.82) is 0 Å². The van der Waals surface area contributed by atoms with Crippen LogP contribution < -0.4 is 0 Å². The largest absolute Gasteiger partial charge is 0.298 e. The van der Waals surface area contributed by atoms with E-state index in [9.17, 15) is 0 Å². The van der Waals surface area contributed by atoms with Crippen LogP contribution in [0.1, 0.15) is 38.8 Å². The van der Waals surface area contributed by atoms with Crippen molar-refractivity contribution in [2.75, 3.05) is 13.1 Å². The summed E-state index contributed by atoms with van der Waals surface area (Å²) in [4.78, 5) is 6.89. The van der Waals surface area contributed by atoms with E-state index in [1.807, 2.05) is 12.1 Å². The summed E-state index contributed by atoms with van der Waals surface area (Å²) in [5, 5.41) is 0.599. The Kier molecular flexibility index (Phi) is 5.02. The Morgan fingerprint density at radius 2 is 2.17 bits per heavy atom. The predicted molar refractivity (Wildman–Crippen MR) is 76.7 cm³/mol. The second-order valence-corrected chi connectivity index (χ2v) is 6.05. The fourth-order valence-electron chi connectivity index (χ4n) is 2.77. The van der Waals surface area contributed by atoms with Crippen molar-refractivity contribution in [2.24, 2.45) is 11.8 Å². The second kappa shape index (κ2) is 6.53. The van der Waals surface area contributed by atoms with Gasteiger partial charge in [-0.15, -0.1) is 0 Å². The molecule has 1 unspecified atom stereocenters. The monoisotopic (exact) mass is 266 g/mol. The summed E-state index contributed by atoms with van der Waals surface area (Å²) >= 11 is 5.93. The van der Waals surface area contributed by atoms with E-state index < -0.39 is 0 Å². The fourth-order valence-corrected chi connectivity index (χ4v) is 2.96. The molecule has 1 fully saturated rings. The van der Waals surface area contributed by atoms with E-state index in [4.69, 9.17) is 11.6 Å². The molecule has 0 radical (unpaired) electrons. The molecule has 0 bridgehead atoms. The molecule has 0 saturated carbocycles. The van der Waals surface area contributed by atoms with Gasteiger partial charge in [-0.25, -0.2) is 4.98 Å². The lowest BCUT2D eigenvalue weighted by atomic mass is 9.89. The molecule has 0 aromatic carbocycles. The van der Waals surface area contributed by atoms with E-state index in [1.165, 1.54) is 32.4 Å². The molecule has 18 heavy (non-hydrogen) atoms. The Balaban J connectivity index is 1.91. The molecule has 2 nitrogen and oxygen atoms in total. The molecule has 2 heterocycles. The van der Waals surface area contributed by atoms with Crippen molar-refractivity contribution in [3.8, 4) is 0 Å². The molecule has 1 aliphatic heterocycles. The molecule has 0 aliphatic carbocycles. The Hall–Kier alpha value is -0.600. The number of halogens is 1. The SMILES string of the molecule is CC(C)C1CCCN(Cc2cccc(Cl)n2)CC1. The Labute approximate surface area is 115 Å². The van der Waals surface area contributed by atoms with Gasteiger partial charge in [-0.1, -0.05) is 31.5 Å². The summed E-state index contributed by atoms with van der Waals surface area (Å²) in [5.41, 5.74) is 1.09. The standard InChI is InChI=1S/C15H23ClN2/c1-12(2)13-5-4-9-18(10-8-13)11-14-6-3-7-15(16)17-14/h3,6-7,12-13H,4-5,8-11H2,1-2H3. The molecule has 2 rings (SSSR count). The van der Waals surface area contributed by atoms with Crippen molar-refractivity contribution >= 4 is 11.6 Å². The van der Waals surface area contributed by atoms with E-state index in [-0.39, 0.29) is 0 Å². The molecule has 1 atom stereocenters. The maximum absolute atomic E-state index is 5.93. The lowest BCUT2D eigenvalue weighted by Gasteiger charge is -2.20. The average molecular weight is 267 g/mol. The predicted octanol–water partition coefficient (Wildman–Crippen LogP) is 3.99. The van der Waals surface area contributed by atoms with Crippen LogP contribution in [-0.4, -0.2) is 23.0 Å². The summed E-state index contributed by atoms with van der Waals surface area (Å²) in [6, 6.07) is 5.89. The maximum Gasteiger partial charge on any atom is 0.129 e. The third kappa shape index (κ3) is 3.96. The normalized spacial score (nSPS) is 22.1. The van der Waals surface area contributed by atoms with Crippen LogP contribution in [-0.2, 0) is 6.54 Å². The minimum Gasteiger partial charge on any atom is -0.298 e. The van der Waals surface area contributed by atoms with Gasteiger partial charge in [-0.05, 0) is 56.3 Å². The van der Waals surface area contributed by atoms with E-state index in [0.29, 0.717) is 5.15 Å². The highest BCUT2D eigenvalue weighted by atomic mass is 35.5. The Morgan fingerprint density at radius 1 is 1.33 bits per heavy atom. The number of likely N-dealkylation sites (tertiary alicyclic amines) is 1. The summed E-state index contributed by atoms with van der Waals surface area (Å²) in [7, 11) is 0. The zero-order valence-electron chi connectivity index (χ0n) is 11.4. The van der Waals surface area contributed by atoms with Crippen LogP contribution >= 0.6 is 11.6 Å². The fraction of sp³-hybridized carbons (Fsp3) is 0.667. The first-order valence-electron chi connectivity index (χ1n) is 6.99. The lowest BCUT2D eigenvalue weighted by Crippen LogP contribution is -2.25. The Morgan fingerprint density at radius 3 is 2.89 bits per heavy atom. The number of hydrogen-bond donors (Lipinski definition) is 0. The van der Waals surface area contributed by atoms with Crippen molar-refractivity contribution < 1.29 is 0 Å². The smallest absolute Gasteiger partial charge is 0.129 e. The van der Waals surface area contributed by atoms with Crippen molar-refractivity contribution in [3.63, 3.8) is 0 Å².